The third kappa shape index (κ3) is 3.43. The minimum Gasteiger partial charge on any atom is -0.370 e. The van der Waals surface area contributed by atoms with Crippen LogP contribution >= 0.6 is 0 Å². The fourth-order valence-electron chi connectivity index (χ4n) is 2.58. The van der Waals surface area contributed by atoms with E-state index in [9.17, 15) is 9.59 Å². The highest BCUT2D eigenvalue weighted by Crippen LogP contribution is 2.16. The van der Waals surface area contributed by atoms with Crippen LogP contribution in [0.15, 0.2) is 54.6 Å². The predicted octanol–water partition coefficient (Wildman–Crippen LogP) is 1.84. The highest BCUT2D eigenvalue weighted by molar-refractivity contribution is 5.94. The van der Waals surface area contributed by atoms with Crippen LogP contribution in [0.3, 0.4) is 0 Å². The van der Waals surface area contributed by atoms with Crippen molar-refractivity contribution < 1.29 is 9.59 Å². The summed E-state index contributed by atoms with van der Waals surface area (Å²) in [5.41, 5.74) is 7.60. The molecular weight excluding hydrogens is 304 g/mol. The first-order chi connectivity index (χ1) is 11.6. The Morgan fingerprint density at radius 1 is 1.04 bits per heavy atom. The minimum atomic E-state index is -0.368. The average Bonchev–Trinajstić information content (AvgIpc) is 2.96. The number of imidazole rings is 1. The number of hydrogen-bond donors (Lipinski definition) is 2. The second-order valence-electron chi connectivity index (χ2n) is 5.43. The average molecular weight is 322 g/mol. The second-order valence-corrected chi connectivity index (χ2v) is 5.43. The van der Waals surface area contributed by atoms with Crippen LogP contribution in [-0.2, 0) is 17.9 Å². The lowest BCUT2D eigenvalue weighted by atomic mass is 10.2. The first kappa shape index (κ1) is 15.7. The number of aromatic nitrogens is 2. The van der Waals surface area contributed by atoms with Gasteiger partial charge in [-0.25, -0.2) is 4.98 Å². The summed E-state index contributed by atoms with van der Waals surface area (Å²) in [6.45, 7) is 0.716. The number of carbonyl (C=O) groups is 2. The maximum absolute atomic E-state index is 12.2. The van der Waals surface area contributed by atoms with Crippen molar-refractivity contribution in [3.63, 3.8) is 0 Å². The van der Waals surface area contributed by atoms with Gasteiger partial charge in [-0.05, 0) is 24.3 Å². The fourth-order valence-corrected chi connectivity index (χ4v) is 2.58. The molecule has 0 aliphatic heterocycles. The molecule has 0 saturated heterocycles. The molecule has 6 nitrogen and oxygen atoms in total. The molecule has 1 heterocycles. The van der Waals surface area contributed by atoms with Gasteiger partial charge in [-0.3, -0.25) is 9.59 Å². The van der Waals surface area contributed by atoms with Crippen molar-refractivity contribution in [1.82, 2.24) is 14.9 Å². The smallest absolute Gasteiger partial charge is 0.251 e. The summed E-state index contributed by atoms with van der Waals surface area (Å²) in [5, 5.41) is 2.87. The number of benzene rings is 2. The Balaban J connectivity index is 1.81. The number of rotatable bonds is 6. The first-order valence-corrected chi connectivity index (χ1v) is 7.71. The topological polar surface area (TPSA) is 90.0 Å². The van der Waals surface area contributed by atoms with Crippen molar-refractivity contribution in [2.24, 2.45) is 5.73 Å². The van der Waals surface area contributed by atoms with Gasteiger partial charge in [0.15, 0.2) is 0 Å². The number of nitrogens with one attached hydrogen (secondary N) is 1. The molecule has 3 N–H and O–H groups in total. The Hall–Kier alpha value is -3.15. The van der Waals surface area contributed by atoms with Gasteiger partial charge >= 0.3 is 0 Å². The molecule has 2 aromatic carbocycles. The van der Waals surface area contributed by atoms with E-state index in [-0.39, 0.29) is 24.8 Å². The summed E-state index contributed by atoms with van der Waals surface area (Å²) in [6, 6.07) is 16.7. The van der Waals surface area contributed by atoms with E-state index >= 15 is 0 Å². The summed E-state index contributed by atoms with van der Waals surface area (Å²) in [7, 11) is 0. The Labute approximate surface area is 139 Å². The number of hydrogen-bond acceptors (Lipinski definition) is 3. The van der Waals surface area contributed by atoms with Crippen LogP contribution in [0.4, 0.5) is 0 Å². The van der Waals surface area contributed by atoms with E-state index in [1.54, 1.807) is 12.1 Å². The van der Waals surface area contributed by atoms with Gasteiger partial charge in [0.25, 0.3) is 5.91 Å². The number of amides is 2. The summed E-state index contributed by atoms with van der Waals surface area (Å²) >= 11 is 0. The SMILES string of the molecule is NC(=O)CCn1c(CNC(=O)c2ccccc2)nc2ccccc21. The summed E-state index contributed by atoms with van der Waals surface area (Å²) in [5.74, 6) is 0.165. The minimum absolute atomic E-state index is 0.163. The quantitative estimate of drug-likeness (QED) is 0.725. The monoisotopic (exact) mass is 322 g/mol. The second kappa shape index (κ2) is 6.95. The van der Waals surface area contributed by atoms with Crippen LogP contribution in [0.2, 0.25) is 0 Å². The number of fused-ring (bicyclic) bond motifs is 1. The molecule has 0 fully saturated rings. The lowest BCUT2D eigenvalue weighted by Gasteiger charge is -2.09. The molecule has 122 valence electrons. The maximum atomic E-state index is 12.2. The van der Waals surface area contributed by atoms with Crippen LogP contribution in [0.25, 0.3) is 11.0 Å². The van der Waals surface area contributed by atoms with Gasteiger partial charge in [-0.2, -0.15) is 0 Å². The van der Waals surface area contributed by atoms with E-state index in [1.807, 2.05) is 47.0 Å². The molecule has 0 unspecified atom stereocenters. The van der Waals surface area contributed by atoms with Crippen LogP contribution < -0.4 is 11.1 Å². The number of nitrogens with two attached hydrogens (primary N) is 1. The van der Waals surface area contributed by atoms with Crippen LogP contribution in [0, 0.1) is 0 Å². The van der Waals surface area contributed by atoms with E-state index in [2.05, 4.69) is 10.3 Å². The largest absolute Gasteiger partial charge is 0.370 e. The van der Waals surface area contributed by atoms with Crippen molar-refractivity contribution in [3.05, 3.63) is 66.0 Å². The normalized spacial score (nSPS) is 10.7. The van der Waals surface area contributed by atoms with E-state index in [4.69, 9.17) is 5.73 Å². The molecule has 0 aliphatic rings. The van der Waals surface area contributed by atoms with Crippen LogP contribution in [-0.4, -0.2) is 21.4 Å². The third-order valence-corrected chi connectivity index (χ3v) is 3.76. The summed E-state index contributed by atoms with van der Waals surface area (Å²) in [6.07, 6.45) is 0.222. The predicted molar refractivity (Wildman–Crippen MR) is 91.2 cm³/mol. The van der Waals surface area contributed by atoms with Crippen molar-refractivity contribution in [2.45, 2.75) is 19.5 Å². The number of primary amides is 1. The van der Waals surface area contributed by atoms with Crippen molar-refractivity contribution >= 4 is 22.8 Å². The number of carbonyl (C=O) groups excluding carboxylic acids is 2. The molecule has 3 rings (SSSR count). The number of aryl methyl sites for hydroxylation is 1. The summed E-state index contributed by atoms with van der Waals surface area (Å²) < 4.78 is 1.92. The van der Waals surface area contributed by atoms with Gasteiger partial charge in [-0.1, -0.05) is 30.3 Å². The zero-order chi connectivity index (χ0) is 16.9. The molecule has 0 spiro atoms. The van der Waals surface area contributed by atoms with Crippen molar-refractivity contribution in [2.75, 3.05) is 0 Å². The Bertz CT molecular complexity index is 871. The van der Waals surface area contributed by atoms with Gasteiger partial charge < -0.3 is 15.6 Å². The molecule has 0 atom stereocenters. The Morgan fingerprint density at radius 2 is 1.75 bits per heavy atom. The van der Waals surface area contributed by atoms with E-state index in [1.165, 1.54) is 0 Å². The van der Waals surface area contributed by atoms with Gasteiger partial charge in [-0.15, -0.1) is 0 Å². The fraction of sp³-hybridized carbons (Fsp3) is 0.167. The summed E-state index contributed by atoms with van der Waals surface area (Å²) in [4.78, 5) is 27.9. The number of para-hydroxylation sites is 2. The van der Waals surface area contributed by atoms with E-state index in [0.717, 1.165) is 11.0 Å². The van der Waals surface area contributed by atoms with Crippen molar-refractivity contribution in [1.29, 1.82) is 0 Å². The van der Waals surface area contributed by atoms with Crippen LogP contribution in [0.1, 0.15) is 22.6 Å². The van der Waals surface area contributed by atoms with Gasteiger partial charge in [0.1, 0.15) is 5.82 Å². The molecule has 0 bridgehead atoms. The van der Waals surface area contributed by atoms with Crippen molar-refractivity contribution in [3.8, 4) is 0 Å². The molecule has 24 heavy (non-hydrogen) atoms. The maximum Gasteiger partial charge on any atom is 0.251 e. The van der Waals surface area contributed by atoms with E-state index < -0.39 is 0 Å². The zero-order valence-corrected chi connectivity index (χ0v) is 13.1. The Kier molecular flexibility index (Phi) is 4.56. The molecule has 0 saturated carbocycles. The standard InChI is InChI=1S/C18H18N4O2/c19-16(23)10-11-22-15-9-5-4-8-14(15)21-17(22)12-20-18(24)13-6-2-1-3-7-13/h1-9H,10-12H2,(H2,19,23)(H,20,24). The molecule has 0 aliphatic carbocycles. The molecule has 2 amide bonds. The highest BCUT2D eigenvalue weighted by Gasteiger charge is 2.12. The molecule has 1 aromatic heterocycles. The van der Waals surface area contributed by atoms with Gasteiger partial charge in [0, 0.05) is 18.5 Å². The van der Waals surface area contributed by atoms with Crippen LogP contribution in [0.5, 0.6) is 0 Å². The molecular formula is C18H18N4O2. The Morgan fingerprint density at radius 3 is 2.50 bits per heavy atom. The number of nitrogens with zero attached hydrogens (tertiary/aromatic N) is 2. The highest BCUT2D eigenvalue weighted by atomic mass is 16.2. The molecule has 3 aromatic rings. The van der Waals surface area contributed by atoms with Gasteiger partial charge in [0.2, 0.25) is 5.91 Å². The van der Waals surface area contributed by atoms with Gasteiger partial charge in [0.05, 0.1) is 17.6 Å². The van der Waals surface area contributed by atoms with E-state index in [0.29, 0.717) is 17.9 Å². The lowest BCUT2D eigenvalue weighted by Crippen LogP contribution is -2.25. The molecule has 6 heteroatoms. The molecule has 0 radical (unpaired) electrons. The zero-order valence-electron chi connectivity index (χ0n) is 13.1. The first-order valence-electron chi connectivity index (χ1n) is 7.71. The third-order valence-electron chi connectivity index (χ3n) is 3.76. The lowest BCUT2D eigenvalue weighted by molar-refractivity contribution is -0.118.